The van der Waals surface area contributed by atoms with Gasteiger partial charge in [-0.15, -0.1) is 0 Å². The van der Waals surface area contributed by atoms with Crippen LogP contribution in [0, 0.1) is 0 Å². The molecule has 7 heteroatoms. The van der Waals surface area contributed by atoms with E-state index in [-0.39, 0.29) is 29.1 Å². The number of carbonyl (C=O) groups is 1. The number of amides is 1. The van der Waals surface area contributed by atoms with Gasteiger partial charge in [-0.1, -0.05) is 13.3 Å². The summed E-state index contributed by atoms with van der Waals surface area (Å²) in [5.41, 5.74) is 0.464. The highest BCUT2D eigenvalue weighted by Gasteiger charge is 2.32. The molecule has 3 atom stereocenters. The predicted octanol–water partition coefficient (Wildman–Crippen LogP) is 2.40. The topological polar surface area (TPSA) is 75.7 Å². The lowest BCUT2D eigenvalue weighted by molar-refractivity contribution is -0.0440. The molecule has 1 aromatic rings. The van der Waals surface area contributed by atoms with Crippen molar-refractivity contribution in [2.45, 2.75) is 63.7 Å². The summed E-state index contributed by atoms with van der Waals surface area (Å²) in [5, 5.41) is 2.91. The largest absolute Gasteiger partial charge is 0.373 e. The van der Waals surface area contributed by atoms with Gasteiger partial charge in [0.2, 0.25) is 10.0 Å². The number of nitrogens with one attached hydrogen (secondary N) is 1. The molecule has 1 heterocycles. The molecule has 1 fully saturated rings. The molecule has 1 saturated heterocycles. The van der Waals surface area contributed by atoms with E-state index in [1.54, 1.807) is 12.1 Å². The second-order valence-electron chi connectivity index (χ2n) is 6.77. The van der Waals surface area contributed by atoms with Crippen LogP contribution >= 0.6 is 0 Å². The van der Waals surface area contributed by atoms with Gasteiger partial charge in [0.25, 0.3) is 5.91 Å². The van der Waals surface area contributed by atoms with Crippen LogP contribution in [0.2, 0.25) is 0 Å². The van der Waals surface area contributed by atoms with E-state index in [0.717, 1.165) is 12.8 Å². The maximum Gasteiger partial charge on any atom is 0.251 e. The molecule has 1 aliphatic rings. The molecule has 25 heavy (non-hydrogen) atoms. The molecule has 1 N–H and O–H groups in total. The minimum atomic E-state index is -3.58. The second kappa shape index (κ2) is 8.29. The number of hydrogen-bond donors (Lipinski definition) is 1. The van der Waals surface area contributed by atoms with E-state index in [9.17, 15) is 13.2 Å². The van der Waals surface area contributed by atoms with Gasteiger partial charge in [0.05, 0.1) is 17.1 Å². The Bertz CT molecular complexity index is 678. The van der Waals surface area contributed by atoms with Crippen LogP contribution in [-0.4, -0.2) is 50.0 Å². The fraction of sp³-hybridized carbons (Fsp3) is 0.611. The van der Waals surface area contributed by atoms with Gasteiger partial charge in [0.1, 0.15) is 0 Å². The molecule has 0 aromatic heterocycles. The van der Waals surface area contributed by atoms with Crippen molar-refractivity contribution in [2.75, 3.05) is 13.1 Å². The number of benzene rings is 1. The number of carbonyl (C=O) groups excluding carboxylic acids is 1. The van der Waals surface area contributed by atoms with E-state index >= 15 is 0 Å². The molecule has 1 amide bonds. The predicted molar refractivity (Wildman–Crippen MR) is 97.0 cm³/mol. The molecule has 1 aliphatic heterocycles. The van der Waals surface area contributed by atoms with Crippen molar-refractivity contribution in [3.8, 4) is 0 Å². The molecule has 140 valence electrons. The number of hydrogen-bond acceptors (Lipinski definition) is 4. The van der Waals surface area contributed by atoms with Gasteiger partial charge >= 0.3 is 0 Å². The number of sulfonamides is 1. The lowest BCUT2D eigenvalue weighted by atomic mass is 10.1. The quantitative estimate of drug-likeness (QED) is 0.837. The molecular weight excluding hydrogens is 340 g/mol. The third kappa shape index (κ3) is 5.03. The first kappa shape index (κ1) is 19.9. The number of nitrogens with zero attached hydrogens (tertiary/aromatic N) is 1. The van der Waals surface area contributed by atoms with Crippen LogP contribution in [0.25, 0.3) is 0 Å². The smallest absolute Gasteiger partial charge is 0.251 e. The van der Waals surface area contributed by atoms with Crippen LogP contribution in [0.15, 0.2) is 29.2 Å². The summed E-state index contributed by atoms with van der Waals surface area (Å²) in [6, 6.07) is 6.22. The maximum absolute atomic E-state index is 12.8. The summed E-state index contributed by atoms with van der Waals surface area (Å²) in [6.07, 6.45) is 1.63. The Hall–Kier alpha value is -1.44. The Balaban J connectivity index is 2.11. The highest BCUT2D eigenvalue weighted by molar-refractivity contribution is 7.89. The van der Waals surface area contributed by atoms with Crippen molar-refractivity contribution in [3.63, 3.8) is 0 Å². The van der Waals surface area contributed by atoms with E-state index in [0.29, 0.717) is 18.7 Å². The highest BCUT2D eigenvalue weighted by Crippen LogP contribution is 2.21. The van der Waals surface area contributed by atoms with Crippen molar-refractivity contribution in [1.29, 1.82) is 0 Å². The molecule has 0 radical (unpaired) electrons. The number of morpholine rings is 1. The average Bonchev–Trinajstić information content (AvgIpc) is 2.54. The van der Waals surface area contributed by atoms with Crippen LogP contribution < -0.4 is 5.32 Å². The minimum absolute atomic E-state index is 0.0947. The zero-order valence-electron chi connectivity index (χ0n) is 15.4. The summed E-state index contributed by atoms with van der Waals surface area (Å²) in [5.74, 6) is -0.182. The van der Waals surface area contributed by atoms with E-state index in [4.69, 9.17) is 4.74 Å². The van der Waals surface area contributed by atoms with E-state index in [2.05, 4.69) is 12.2 Å². The Labute approximate surface area is 150 Å². The molecule has 2 rings (SSSR count). The Morgan fingerprint density at radius 3 is 2.32 bits per heavy atom. The second-order valence-corrected chi connectivity index (χ2v) is 8.70. The lowest BCUT2D eigenvalue weighted by Crippen LogP contribution is -2.48. The lowest BCUT2D eigenvalue weighted by Gasteiger charge is -2.34. The molecule has 0 bridgehead atoms. The summed E-state index contributed by atoms with van der Waals surface area (Å²) < 4.78 is 32.6. The molecule has 0 spiro atoms. The van der Waals surface area contributed by atoms with Crippen molar-refractivity contribution in [3.05, 3.63) is 29.8 Å². The van der Waals surface area contributed by atoms with Gasteiger partial charge in [-0.25, -0.2) is 8.42 Å². The van der Waals surface area contributed by atoms with Gasteiger partial charge in [-0.2, -0.15) is 4.31 Å². The van der Waals surface area contributed by atoms with Crippen molar-refractivity contribution in [2.24, 2.45) is 0 Å². The third-order valence-electron chi connectivity index (χ3n) is 4.24. The number of rotatable bonds is 6. The zero-order valence-corrected chi connectivity index (χ0v) is 16.2. The molecule has 0 unspecified atom stereocenters. The summed E-state index contributed by atoms with van der Waals surface area (Å²) in [6.45, 7) is 8.43. The van der Waals surface area contributed by atoms with Crippen molar-refractivity contribution in [1.82, 2.24) is 9.62 Å². The monoisotopic (exact) mass is 368 g/mol. The van der Waals surface area contributed by atoms with E-state index in [1.165, 1.54) is 16.4 Å². The number of ether oxygens (including phenoxy) is 1. The first-order chi connectivity index (χ1) is 11.7. The van der Waals surface area contributed by atoms with Crippen LogP contribution in [-0.2, 0) is 14.8 Å². The Morgan fingerprint density at radius 1 is 1.24 bits per heavy atom. The molecule has 1 aromatic carbocycles. The SMILES string of the molecule is CCC[C@@H](C)NC(=O)c1ccc(S(=O)(=O)N2C[C@@H](C)O[C@@H](C)C2)cc1. The van der Waals surface area contributed by atoms with Crippen molar-refractivity contribution >= 4 is 15.9 Å². The van der Waals surface area contributed by atoms with Gasteiger partial charge in [-0.3, -0.25) is 4.79 Å². The molecule has 6 nitrogen and oxygen atoms in total. The first-order valence-corrected chi connectivity index (χ1v) is 10.2. The molecule has 0 aliphatic carbocycles. The Morgan fingerprint density at radius 2 is 1.80 bits per heavy atom. The van der Waals surface area contributed by atoms with Crippen LogP contribution in [0.4, 0.5) is 0 Å². The fourth-order valence-corrected chi connectivity index (χ4v) is 4.66. The Kier molecular flexibility index (Phi) is 6.59. The summed E-state index contributed by atoms with van der Waals surface area (Å²) in [7, 11) is -3.58. The van der Waals surface area contributed by atoms with Gasteiger partial charge in [0.15, 0.2) is 0 Å². The maximum atomic E-state index is 12.8. The zero-order chi connectivity index (χ0) is 18.6. The average molecular weight is 368 g/mol. The van der Waals surface area contributed by atoms with Gasteiger partial charge in [0, 0.05) is 24.7 Å². The van der Waals surface area contributed by atoms with E-state index < -0.39 is 10.0 Å². The van der Waals surface area contributed by atoms with E-state index in [1.807, 2.05) is 20.8 Å². The van der Waals surface area contributed by atoms with Crippen LogP contribution in [0.1, 0.15) is 50.9 Å². The van der Waals surface area contributed by atoms with Crippen molar-refractivity contribution < 1.29 is 17.9 Å². The van der Waals surface area contributed by atoms with Crippen LogP contribution in [0.5, 0.6) is 0 Å². The minimum Gasteiger partial charge on any atom is -0.373 e. The summed E-state index contributed by atoms with van der Waals surface area (Å²) in [4.78, 5) is 12.4. The third-order valence-corrected chi connectivity index (χ3v) is 6.09. The standard InChI is InChI=1S/C18H28N2O4S/c1-5-6-13(2)19-18(21)16-7-9-17(10-8-16)25(22,23)20-11-14(3)24-15(4)12-20/h7-10,13-15H,5-6,11-12H2,1-4H3,(H,19,21)/t13-,14-,15+/m1/s1. The molecule has 0 saturated carbocycles. The van der Waals surface area contributed by atoms with Crippen LogP contribution in [0.3, 0.4) is 0 Å². The van der Waals surface area contributed by atoms with Gasteiger partial charge < -0.3 is 10.1 Å². The molecular formula is C18H28N2O4S. The first-order valence-electron chi connectivity index (χ1n) is 8.80. The normalized spacial score (nSPS) is 23.2. The van der Waals surface area contributed by atoms with Gasteiger partial charge in [-0.05, 0) is 51.5 Å². The highest BCUT2D eigenvalue weighted by atomic mass is 32.2. The fourth-order valence-electron chi connectivity index (χ4n) is 3.07. The summed E-state index contributed by atoms with van der Waals surface area (Å²) >= 11 is 0.